The van der Waals surface area contributed by atoms with Crippen molar-refractivity contribution in [1.82, 2.24) is 10.2 Å². The minimum absolute atomic E-state index is 0.0526. The number of nitrogens with one attached hydrogen (secondary N) is 1. The quantitative estimate of drug-likeness (QED) is 0.490. The molecular weight excluding hydrogens is 188 g/mol. The van der Waals surface area contributed by atoms with Crippen LogP contribution in [0.25, 0.3) is 0 Å². The van der Waals surface area contributed by atoms with Gasteiger partial charge in [-0.05, 0) is 6.42 Å². The molecule has 0 radical (unpaired) electrons. The molecule has 0 aliphatic carbocycles. The van der Waals surface area contributed by atoms with E-state index in [0.29, 0.717) is 6.42 Å². The summed E-state index contributed by atoms with van der Waals surface area (Å²) in [6, 6.07) is -0.389. The highest BCUT2D eigenvalue weighted by molar-refractivity contribution is 6.01. The zero-order chi connectivity index (χ0) is 10.6. The Morgan fingerprint density at radius 1 is 1.57 bits per heavy atom. The number of imide groups is 1. The first kappa shape index (κ1) is 10.5. The number of methoxy groups -OCH3 is 1. The molecule has 0 saturated carbocycles. The van der Waals surface area contributed by atoms with Crippen LogP contribution in [-0.4, -0.2) is 43.0 Å². The van der Waals surface area contributed by atoms with E-state index in [9.17, 15) is 14.4 Å². The maximum absolute atomic E-state index is 11.1. The van der Waals surface area contributed by atoms with Crippen molar-refractivity contribution in [1.29, 1.82) is 0 Å². The van der Waals surface area contributed by atoms with Crippen molar-refractivity contribution in [2.75, 3.05) is 20.2 Å². The molecule has 1 fully saturated rings. The molecule has 1 heterocycles. The van der Waals surface area contributed by atoms with Gasteiger partial charge >= 0.3 is 12.0 Å². The highest BCUT2D eigenvalue weighted by atomic mass is 16.5. The van der Waals surface area contributed by atoms with Crippen LogP contribution < -0.4 is 5.32 Å². The summed E-state index contributed by atoms with van der Waals surface area (Å²) in [5.41, 5.74) is 0. The second-order valence-corrected chi connectivity index (χ2v) is 2.88. The van der Waals surface area contributed by atoms with E-state index in [1.165, 1.54) is 7.11 Å². The standard InChI is InChI=1S/C8H12N2O4/c1-14-7(12)3-2-4-10-6(11)5-9-8(10)13/h2-5H2,1H3,(H,9,13). The second-order valence-electron chi connectivity index (χ2n) is 2.88. The number of carbonyl (C=O) groups excluding carboxylic acids is 3. The van der Waals surface area contributed by atoms with Crippen molar-refractivity contribution in [2.45, 2.75) is 12.8 Å². The SMILES string of the molecule is COC(=O)CCCN1C(=O)CNC1=O. The summed E-state index contributed by atoms with van der Waals surface area (Å²) in [7, 11) is 1.30. The zero-order valence-corrected chi connectivity index (χ0v) is 7.91. The number of amides is 3. The van der Waals surface area contributed by atoms with Gasteiger partial charge in [0.15, 0.2) is 0 Å². The third-order valence-electron chi connectivity index (χ3n) is 1.93. The number of esters is 1. The number of hydrogen-bond acceptors (Lipinski definition) is 4. The van der Waals surface area contributed by atoms with E-state index >= 15 is 0 Å². The van der Waals surface area contributed by atoms with Gasteiger partial charge in [0.25, 0.3) is 0 Å². The summed E-state index contributed by atoms with van der Waals surface area (Å²) >= 11 is 0. The molecule has 0 spiro atoms. The molecule has 1 saturated heterocycles. The topological polar surface area (TPSA) is 75.7 Å². The van der Waals surface area contributed by atoms with Gasteiger partial charge in [0, 0.05) is 13.0 Å². The van der Waals surface area contributed by atoms with Crippen molar-refractivity contribution in [3.05, 3.63) is 0 Å². The Labute approximate surface area is 81.2 Å². The van der Waals surface area contributed by atoms with Gasteiger partial charge in [-0.2, -0.15) is 0 Å². The van der Waals surface area contributed by atoms with Gasteiger partial charge in [0.05, 0.1) is 13.7 Å². The molecule has 3 amide bonds. The van der Waals surface area contributed by atoms with Crippen LogP contribution in [-0.2, 0) is 14.3 Å². The Morgan fingerprint density at radius 3 is 2.79 bits per heavy atom. The van der Waals surface area contributed by atoms with E-state index < -0.39 is 0 Å². The molecule has 1 aliphatic rings. The Bertz CT molecular complexity index is 248. The maximum Gasteiger partial charge on any atom is 0.324 e. The Balaban J connectivity index is 2.27. The van der Waals surface area contributed by atoms with Crippen molar-refractivity contribution in [3.63, 3.8) is 0 Å². The van der Waals surface area contributed by atoms with E-state index in [1.54, 1.807) is 0 Å². The van der Waals surface area contributed by atoms with Crippen LogP contribution in [0.4, 0.5) is 4.79 Å². The number of ether oxygens (including phenoxy) is 1. The highest BCUT2D eigenvalue weighted by Crippen LogP contribution is 2.02. The predicted molar refractivity (Wildman–Crippen MR) is 46.4 cm³/mol. The van der Waals surface area contributed by atoms with E-state index in [4.69, 9.17) is 0 Å². The lowest BCUT2D eigenvalue weighted by molar-refractivity contribution is -0.141. The molecule has 6 heteroatoms. The number of rotatable bonds is 4. The summed E-state index contributed by atoms with van der Waals surface area (Å²) in [6.07, 6.45) is 0.652. The Hall–Kier alpha value is -1.59. The van der Waals surface area contributed by atoms with Gasteiger partial charge in [-0.1, -0.05) is 0 Å². The van der Waals surface area contributed by atoms with Gasteiger partial charge < -0.3 is 10.1 Å². The van der Waals surface area contributed by atoms with Crippen LogP contribution in [0.15, 0.2) is 0 Å². The molecule has 1 aliphatic heterocycles. The molecule has 0 aromatic rings. The smallest absolute Gasteiger partial charge is 0.324 e. The number of carbonyl (C=O) groups is 3. The average molecular weight is 200 g/mol. The minimum Gasteiger partial charge on any atom is -0.469 e. The van der Waals surface area contributed by atoms with Crippen LogP contribution in [0.5, 0.6) is 0 Å². The fraction of sp³-hybridized carbons (Fsp3) is 0.625. The molecule has 6 nitrogen and oxygen atoms in total. The highest BCUT2D eigenvalue weighted by Gasteiger charge is 2.27. The fourth-order valence-electron chi connectivity index (χ4n) is 1.17. The Kier molecular flexibility index (Phi) is 3.44. The van der Waals surface area contributed by atoms with Gasteiger partial charge in [-0.15, -0.1) is 0 Å². The average Bonchev–Trinajstić information content (AvgIpc) is 2.48. The summed E-state index contributed by atoms with van der Waals surface area (Å²) in [6.45, 7) is 0.316. The van der Waals surface area contributed by atoms with Crippen molar-refractivity contribution < 1.29 is 19.1 Å². The summed E-state index contributed by atoms with van der Waals surface area (Å²) in [5.74, 6) is -0.586. The van der Waals surface area contributed by atoms with E-state index in [2.05, 4.69) is 10.1 Å². The molecule has 0 aromatic heterocycles. The van der Waals surface area contributed by atoms with Crippen molar-refractivity contribution in [3.8, 4) is 0 Å². The molecule has 0 unspecified atom stereocenters. The second kappa shape index (κ2) is 4.59. The van der Waals surface area contributed by atoms with Gasteiger partial charge in [-0.3, -0.25) is 14.5 Å². The largest absolute Gasteiger partial charge is 0.469 e. The summed E-state index contributed by atoms with van der Waals surface area (Å²) in [4.78, 5) is 33.9. The molecule has 1 N–H and O–H groups in total. The van der Waals surface area contributed by atoms with Crippen LogP contribution >= 0.6 is 0 Å². The summed E-state index contributed by atoms with van der Waals surface area (Å²) < 4.78 is 4.43. The third-order valence-corrected chi connectivity index (χ3v) is 1.93. The first-order chi connectivity index (χ1) is 6.65. The Morgan fingerprint density at radius 2 is 2.29 bits per heavy atom. The molecule has 0 bridgehead atoms. The minimum atomic E-state index is -0.389. The van der Waals surface area contributed by atoms with Crippen LogP contribution in [0.3, 0.4) is 0 Å². The lowest BCUT2D eigenvalue weighted by Gasteiger charge is -2.10. The molecular formula is C8H12N2O4. The third kappa shape index (κ3) is 2.45. The zero-order valence-electron chi connectivity index (χ0n) is 7.91. The molecule has 14 heavy (non-hydrogen) atoms. The monoisotopic (exact) mass is 200 g/mol. The van der Waals surface area contributed by atoms with Crippen molar-refractivity contribution >= 4 is 17.9 Å². The fourth-order valence-corrected chi connectivity index (χ4v) is 1.17. The molecule has 0 aromatic carbocycles. The van der Waals surface area contributed by atoms with E-state index in [0.717, 1.165) is 4.90 Å². The number of urea groups is 1. The van der Waals surface area contributed by atoms with Crippen LogP contribution in [0.2, 0.25) is 0 Å². The lowest BCUT2D eigenvalue weighted by Crippen LogP contribution is -2.32. The van der Waals surface area contributed by atoms with E-state index in [-0.39, 0.29) is 37.4 Å². The maximum atomic E-state index is 11.1. The van der Waals surface area contributed by atoms with Gasteiger partial charge in [0.2, 0.25) is 5.91 Å². The van der Waals surface area contributed by atoms with Crippen LogP contribution in [0, 0.1) is 0 Å². The summed E-state index contributed by atoms with van der Waals surface area (Å²) in [5, 5.41) is 2.39. The number of hydrogen-bond donors (Lipinski definition) is 1. The lowest BCUT2D eigenvalue weighted by atomic mass is 10.3. The number of nitrogens with zero attached hydrogens (tertiary/aromatic N) is 1. The molecule has 1 rings (SSSR count). The van der Waals surface area contributed by atoms with Gasteiger partial charge in [-0.25, -0.2) is 4.79 Å². The van der Waals surface area contributed by atoms with Crippen molar-refractivity contribution in [2.24, 2.45) is 0 Å². The predicted octanol–water partition coefficient (Wildman–Crippen LogP) is -0.509. The first-order valence-electron chi connectivity index (χ1n) is 4.30. The van der Waals surface area contributed by atoms with E-state index in [1.807, 2.05) is 0 Å². The molecule has 0 atom stereocenters. The first-order valence-corrected chi connectivity index (χ1v) is 4.30. The van der Waals surface area contributed by atoms with Gasteiger partial charge in [0.1, 0.15) is 0 Å². The van der Waals surface area contributed by atoms with Crippen LogP contribution in [0.1, 0.15) is 12.8 Å². The normalized spacial score (nSPS) is 15.6. The molecule has 78 valence electrons.